The average molecular weight is 305 g/mol. The fraction of sp³-hybridized carbons (Fsp3) is 0.412. The normalized spacial score (nSPS) is 11.2. The van der Waals surface area contributed by atoms with Gasteiger partial charge in [-0.05, 0) is 44.2 Å². The van der Waals surface area contributed by atoms with Crippen molar-refractivity contribution >= 4 is 17.9 Å². The number of nitrogens with zero attached hydrogens (tertiary/aromatic N) is 2. The van der Waals surface area contributed by atoms with Crippen molar-refractivity contribution in [1.82, 2.24) is 9.78 Å². The van der Waals surface area contributed by atoms with Crippen LogP contribution < -0.4 is 0 Å². The van der Waals surface area contributed by atoms with Gasteiger partial charge in [0.1, 0.15) is 5.15 Å². The fourth-order valence-corrected chi connectivity index (χ4v) is 3.04. The molecule has 0 amide bonds. The van der Waals surface area contributed by atoms with Gasteiger partial charge < -0.3 is 0 Å². The summed E-state index contributed by atoms with van der Waals surface area (Å²) < 4.78 is 1.70. The minimum absolute atomic E-state index is 0.399. The van der Waals surface area contributed by atoms with Gasteiger partial charge in [-0.25, -0.2) is 4.68 Å². The monoisotopic (exact) mass is 304 g/mol. The molecule has 2 aromatic rings. The maximum Gasteiger partial charge on any atom is 0.155 e. The number of carbonyl (C=O) groups excluding carboxylic acids is 1. The van der Waals surface area contributed by atoms with Gasteiger partial charge in [-0.15, -0.1) is 0 Å². The Labute approximate surface area is 130 Å². The highest BCUT2D eigenvalue weighted by Crippen LogP contribution is 2.28. The number of benzene rings is 1. The van der Waals surface area contributed by atoms with Crippen molar-refractivity contribution in [2.45, 2.75) is 41.0 Å². The van der Waals surface area contributed by atoms with Crippen molar-refractivity contribution in [3.63, 3.8) is 0 Å². The summed E-state index contributed by atoms with van der Waals surface area (Å²) >= 11 is 6.40. The van der Waals surface area contributed by atoms with Crippen LogP contribution in [0.25, 0.3) is 5.69 Å². The Balaban J connectivity index is 2.65. The first-order valence-electron chi connectivity index (χ1n) is 7.16. The summed E-state index contributed by atoms with van der Waals surface area (Å²) in [5.74, 6) is 0.420. The van der Waals surface area contributed by atoms with Crippen molar-refractivity contribution in [2.75, 3.05) is 0 Å². The molecule has 0 aliphatic carbocycles. The zero-order valence-corrected chi connectivity index (χ0v) is 14.0. The summed E-state index contributed by atoms with van der Waals surface area (Å²) in [6.07, 6.45) is 1.55. The number of aldehydes is 1. The quantitative estimate of drug-likeness (QED) is 0.782. The van der Waals surface area contributed by atoms with Crippen LogP contribution in [0.2, 0.25) is 5.15 Å². The Morgan fingerprint density at radius 3 is 2.29 bits per heavy atom. The molecule has 0 aliphatic rings. The van der Waals surface area contributed by atoms with Crippen LogP contribution >= 0.6 is 11.6 Å². The van der Waals surface area contributed by atoms with E-state index in [1.165, 1.54) is 5.56 Å². The average Bonchev–Trinajstić information content (AvgIpc) is 2.64. The molecular weight excluding hydrogens is 284 g/mol. The second kappa shape index (κ2) is 6.02. The molecule has 0 N–H and O–H groups in total. The van der Waals surface area contributed by atoms with E-state index in [-0.39, 0.29) is 0 Å². The second-order valence-corrected chi connectivity index (χ2v) is 6.38. The number of aromatic nitrogens is 2. The molecule has 112 valence electrons. The van der Waals surface area contributed by atoms with Gasteiger partial charge in [0.25, 0.3) is 0 Å². The highest BCUT2D eigenvalue weighted by molar-refractivity contribution is 6.32. The Hall–Kier alpha value is -1.61. The fourth-order valence-electron chi connectivity index (χ4n) is 2.76. The summed E-state index contributed by atoms with van der Waals surface area (Å²) in [4.78, 5) is 11.4. The second-order valence-electron chi connectivity index (χ2n) is 6.03. The maximum atomic E-state index is 11.4. The van der Waals surface area contributed by atoms with Crippen LogP contribution in [0.4, 0.5) is 0 Å². The zero-order chi connectivity index (χ0) is 15.7. The van der Waals surface area contributed by atoms with Crippen LogP contribution in [0.1, 0.15) is 46.6 Å². The van der Waals surface area contributed by atoms with Gasteiger partial charge in [0.05, 0.1) is 16.9 Å². The molecule has 1 heterocycles. The summed E-state index contributed by atoms with van der Waals surface area (Å²) in [6.45, 7) is 10.3. The molecule has 0 bridgehead atoms. The van der Waals surface area contributed by atoms with Gasteiger partial charge in [0, 0.05) is 0 Å². The van der Waals surface area contributed by atoms with Crippen molar-refractivity contribution in [1.29, 1.82) is 0 Å². The van der Waals surface area contributed by atoms with Crippen molar-refractivity contribution in [3.05, 3.63) is 45.2 Å². The third-order valence-corrected chi connectivity index (χ3v) is 3.87. The van der Waals surface area contributed by atoms with E-state index in [2.05, 4.69) is 38.0 Å². The number of carbonyl (C=O) groups is 1. The molecule has 1 aromatic heterocycles. The summed E-state index contributed by atoms with van der Waals surface area (Å²) in [5.41, 5.74) is 5.64. The van der Waals surface area contributed by atoms with E-state index in [9.17, 15) is 4.79 Å². The number of halogens is 1. The zero-order valence-electron chi connectivity index (χ0n) is 13.2. The minimum Gasteiger partial charge on any atom is -0.298 e. The van der Waals surface area contributed by atoms with Gasteiger partial charge in [0.2, 0.25) is 0 Å². The summed E-state index contributed by atoms with van der Waals surface area (Å²) in [5, 5.41) is 4.99. The predicted molar refractivity (Wildman–Crippen MR) is 86.7 cm³/mol. The smallest absolute Gasteiger partial charge is 0.155 e. The van der Waals surface area contributed by atoms with E-state index < -0.39 is 0 Å². The van der Waals surface area contributed by atoms with E-state index >= 15 is 0 Å². The lowest BCUT2D eigenvalue weighted by Crippen LogP contribution is -2.04. The molecule has 0 aliphatic heterocycles. The SMILES string of the molecule is Cc1cc(C)c(-n2nc(CC(C)C)c(C=O)c2Cl)c(C)c1. The molecular formula is C17H21ClN2O. The van der Waals surface area contributed by atoms with Gasteiger partial charge in [-0.3, -0.25) is 4.79 Å². The van der Waals surface area contributed by atoms with Crippen LogP contribution in [0.15, 0.2) is 12.1 Å². The number of aryl methyl sites for hydroxylation is 3. The molecule has 0 radical (unpaired) electrons. The van der Waals surface area contributed by atoms with Gasteiger partial charge >= 0.3 is 0 Å². The largest absolute Gasteiger partial charge is 0.298 e. The van der Waals surface area contributed by atoms with Crippen LogP contribution in [0.5, 0.6) is 0 Å². The molecule has 0 fully saturated rings. The summed E-state index contributed by atoms with van der Waals surface area (Å²) in [7, 11) is 0. The molecule has 0 spiro atoms. The summed E-state index contributed by atoms with van der Waals surface area (Å²) in [6, 6.07) is 4.20. The van der Waals surface area contributed by atoms with E-state index in [1.54, 1.807) is 4.68 Å². The number of hydrogen-bond acceptors (Lipinski definition) is 2. The highest BCUT2D eigenvalue weighted by Gasteiger charge is 2.19. The van der Waals surface area contributed by atoms with Gasteiger partial charge in [-0.1, -0.05) is 43.1 Å². The van der Waals surface area contributed by atoms with E-state index in [0.29, 0.717) is 16.6 Å². The number of hydrogen-bond donors (Lipinski definition) is 0. The Morgan fingerprint density at radius 1 is 1.24 bits per heavy atom. The lowest BCUT2D eigenvalue weighted by atomic mass is 10.1. The standard InChI is InChI=1S/C17H21ClN2O/c1-10(2)6-15-14(9-21)17(18)20(19-15)16-12(4)7-11(3)8-13(16)5/h7-10H,6H2,1-5H3. The van der Waals surface area contributed by atoms with E-state index in [0.717, 1.165) is 35.2 Å². The van der Waals surface area contributed by atoms with Crippen LogP contribution in [0, 0.1) is 26.7 Å². The van der Waals surface area contributed by atoms with E-state index in [1.807, 2.05) is 13.8 Å². The maximum absolute atomic E-state index is 11.4. The van der Waals surface area contributed by atoms with Gasteiger partial charge in [-0.2, -0.15) is 5.10 Å². The third-order valence-electron chi connectivity index (χ3n) is 3.51. The Bertz CT molecular complexity index is 663. The molecule has 0 saturated carbocycles. The third kappa shape index (κ3) is 3.03. The lowest BCUT2D eigenvalue weighted by Gasteiger charge is -2.12. The molecule has 0 unspecified atom stereocenters. The van der Waals surface area contributed by atoms with E-state index in [4.69, 9.17) is 11.6 Å². The molecule has 4 heteroatoms. The Kier molecular flexibility index (Phi) is 4.52. The van der Waals surface area contributed by atoms with Crippen LogP contribution in [0.3, 0.4) is 0 Å². The predicted octanol–water partition coefficient (Wildman–Crippen LogP) is 4.46. The topological polar surface area (TPSA) is 34.9 Å². The molecule has 3 nitrogen and oxygen atoms in total. The first-order valence-corrected chi connectivity index (χ1v) is 7.53. The first kappa shape index (κ1) is 15.8. The molecule has 21 heavy (non-hydrogen) atoms. The van der Waals surface area contributed by atoms with Crippen molar-refractivity contribution < 1.29 is 4.79 Å². The minimum atomic E-state index is 0.399. The molecule has 0 atom stereocenters. The van der Waals surface area contributed by atoms with Crippen LogP contribution in [-0.4, -0.2) is 16.1 Å². The van der Waals surface area contributed by atoms with Crippen molar-refractivity contribution in [3.8, 4) is 5.69 Å². The van der Waals surface area contributed by atoms with Gasteiger partial charge in [0.15, 0.2) is 6.29 Å². The Morgan fingerprint density at radius 2 is 1.81 bits per heavy atom. The highest BCUT2D eigenvalue weighted by atomic mass is 35.5. The van der Waals surface area contributed by atoms with Crippen LogP contribution in [-0.2, 0) is 6.42 Å². The molecule has 1 aromatic carbocycles. The number of rotatable bonds is 4. The molecule has 0 saturated heterocycles. The lowest BCUT2D eigenvalue weighted by molar-refractivity contribution is 0.112. The first-order chi connectivity index (χ1) is 9.85. The van der Waals surface area contributed by atoms with Crippen molar-refractivity contribution in [2.24, 2.45) is 5.92 Å². The molecule has 2 rings (SSSR count).